The van der Waals surface area contributed by atoms with E-state index < -0.39 is 0 Å². The zero-order chi connectivity index (χ0) is 12.1. The first-order valence-electron chi connectivity index (χ1n) is 6.74. The summed E-state index contributed by atoms with van der Waals surface area (Å²) in [6.07, 6.45) is 5.09. The molecule has 0 aromatic heterocycles. The molecular formula is C14H26O2. The van der Waals surface area contributed by atoms with Gasteiger partial charge in [-0.2, -0.15) is 0 Å². The van der Waals surface area contributed by atoms with Crippen molar-refractivity contribution in [2.75, 3.05) is 0 Å². The van der Waals surface area contributed by atoms with Gasteiger partial charge in [-0.3, -0.25) is 4.79 Å². The molecule has 2 nitrogen and oxygen atoms in total. The second-order valence-corrected chi connectivity index (χ2v) is 5.60. The van der Waals surface area contributed by atoms with Gasteiger partial charge in [0.25, 0.3) is 0 Å². The van der Waals surface area contributed by atoms with Crippen LogP contribution in [-0.4, -0.2) is 12.1 Å². The maximum Gasteiger partial charge on any atom is 0.306 e. The summed E-state index contributed by atoms with van der Waals surface area (Å²) in [7, 11) is 0. The molecule has 0 N–H and O–H groups in total. The summed E-state index contributed by atoms with van der Waals surface area (Å²) < 4.78 is 5.62. The zero-order valence-corrected chi connectivity index (χ0v) is 11.2. The van der Waals surface area contributed by atoms with E-state index in [2.05, 4.69) is 20.8 Å². The van der Waals surface area contributed by atoms with Gasteiger partial charge in [-0.25, -0.2) is 0 Å². The maximum absolute atomic E-state index is 11.5. The van der Waals surface area contributed by atoms with Crippen molar-refractivity contribution < 1.29 is 9.53 Å². The number of ether oxygens (including phenoxy) is 1. The monoisotopic (exact) mass is 226 g/mol. The lowest BCUT2D eigenvalue weighted by Crippen LogP contribution is -2.35. The first-order valence-corrected chi connectivity index (χ1v) is 6.74. The summed E-state index contributed by atoms with van der Waals surface area (Å²) >= 11 is 0. The summed E-state index contributed by atoms with van der Waals surface area (Å²) in [5.41, 5.74) is 0. The lowest BCUT2D eigenvalue weighted by molar-refractivity contribution is -0.155. The first-order chi connectivity index (χ1) is 7.54. The fraction of sp³-hybridized carbons (Fsp3) is 0.929. The summed E-state index contributed by atoms with van der Waals surface area (Å²) in [5, 5.41) is 0. The van der Waals surface area contributed by atoms with Gasteiger partial charge in [0.2, 0.25) is 0 Å². The fourth-order valence-corrected chi connectivity index (χ4v) is 2.68. The van der Waals surface area contributed by atoms with Crippen molar-refractivity contribution in [3.8, 4) is 0 Å². The van der Waals surface area contributed by atoms with Crippen LogP contribution in [0.5, 0.6) is 0 Å². The molecule has 0 aliphatic heterocycles. The topological polar surface area (TPSA) is 26.3 Å². The van der Waals surface area contributed by atoms with Gasteiger partial charge in [-0.15, -0.1) is 0 Å². The zero-order valence-electron chi connectivity index (χ0n) is 11.2. The van der Waals surface area contributed by atoms with Gasteiger partial charge in [0, 0.05) is 6.42 Å². The van der Waals surface area contributed by atoms with Gasteiger partial charge in [0.15, 0.2) is 0 Å². The minimum Gasteiger partial charge on any atom is -0.462 e. The van der Waals surface area contributed by atoms with Crippen LogP contribution in [0.1, 0.15) is 59.8 Å². The number of hydrogen-bond donors (Lipinski definition) is 0. The largest absolute Gasteiger partial charge is 0.462 e. The Morgan fingerprint density at radius 3 is 2.62 bits per heavy atom. The van der Waals surface area contributed by atoms with Crippen LogP contribution in [0.15, 0.2) is 0 Å². The quantitative estimate of drug-likeness (QED) is 0.682. The Hall–Kier alpha value is -0.530. The van der Waals surface area contributed by atoms with Crippen molar-refractivity contribution in [2.45, 2.75) is 65.9 Å². The van der Waals surface area contributed by atoms with E-state index in [1.54, 1.807) is 0 Å². The van der Waals surface area contributed by atoms with E-state index in [-0.39, 0.29) is 12.1 Å². The maximum atomic E-state index is 11.5. The Morgan fingerprint density at radius 2 is 2.06 bits per heavy atom. The SMILES string of the molecule is CCCC(=O)OC1CCC(C)CC1C(C)C. The molecule has 94 valence electrons. The Morgan fingerprint density at radius 1 is 1.38 bits per heavy atom. The van der Waals surface area contributed by atoms with Crippen molar-refractivity contribution in [2.24, 2.45) is 17.8 Å². The second kappa shape index (κ2) is 6.27. The van der Waals surface area contributed by atoms with Crippen molar-refractivity contribution in [3.63, 3.8) is 0 Å². The highest BCUT2D eigenvalue weighted by Crippen LogP contribution is 2.35. The third-order valence-electron chi connectivity index (χ3n) is 3.69. The molecule has 0 spiro atoms. The van der Waals surface area contributed by atoms with E-state index in [0.717, 1.165) is 18.8 Å². The molecular weight excluding hydrogens is 200 g/mol. The molecule has 0 amide bonds. The van der Waals surface area contributed by atoms with Crippen molar-refractivity contribution in [1.29, 1.82) is 0 Å². The highest BCUT2D eigenvalue weighted by Gasteiger charge is 2.33. The molecule has 0 heterocycles. The van der Waals surface area contributed by atoms with Gasteiger partial charge in [-0.05, 0) is 43.4 Å². The summed E-state index contributed by atoms with van der Waals surface area (Å²) in [4.78, 5) is 11.5. The van der Waals surface area contributed by atoms with Crippen LogP contribution in [0.2, 0.25) is 0 Å². The minimum atomic E-state index is -0.00676. The predicted molar refractivity (Wildman–Crippen MR) is 66.1 cm³/mol. The van der Waals surface area contributed by atoms with Crippen LogP contribution in [0.3, 0.4) is 0 Å². The number of esters is 1. The van der Waals surface area contributed by atoms with E-state index in [1.807, 2.05) is 6.92 Å². The number of rotatable bonds is 4. The van der Waals surface area contributed by atoms with Crippen LogP contribution < -0.4 is 0 Å². The van der Waals surface area contributed by atoms with E-state index >= 15 is 0 Å². The van der Waals surface area contributed by atoms with Crippen LogP contribution >= 0.6 is 0 Å². The van der Waals surface area contributed by atoms with Gasteiger partial charge >= 0.3 is 5.97 Å². The Bertz CT molecular complexity index is 223. The molecule has 3 atom stereocenters. The summed E-state index contributed by atoms with van der Waals surface area (Å²) in [6.45, 7) is 8.80. The minimum absolute atomic E-state index is 0.00676. The van der Waals surface area contributed by atoms with E-state index in [4.69, 9.17) is 4.74 Å². The average molecular weight is 226 g/mol. The van der Waals surface area contributed by atoms with Crippen LogP contribution in [0.4, 0.5) is 0 Å². The summed E-state index contributed by atoms with van der Waals surface area (Å²) in [6, 6.07) is 0. The van der Waals surface area contributed by atoms with Crippen LogP contribution in [0.25, 0.3) is 0 Å². The first kappa shape index (κ1) is 13.5. The Balaban J connectivity index is 2.52. The fourth-order valence-electron chi connectivity index (χ4n) is 2.68. The van der Waals surface area contributed by atoms with Gasteiger partial charge < -0.3 is 4.74 Å². The molecule has 0 aromatic rings. The normalized spacial score (nSPS) is 30.4. The van der Waals surface area contributed by atoms with Gasteiger partial charge in [0.1, 0.15) is 6.10 Å². The summed E-state index contributed by atoms with van der Waals surface area (Å²) in [5.74, 6) is 1.95. The van der Waals surface area contributed by atoms with Gasteiger partial charge in [0.05, 0.1) is 0 Å². The molecule has 2 heteroatoms. The van der Waals surface area contributed by atoms with Crippen LogP contribution in [0, 0.1) is 17.8 Å². The molecule has 0 aromatic carbocycles. The van der Waals surface area contributed by atoms with Crippen molar-refractivity contribution >= 4 is 5.97 Å². The van der Waals surface area contributed by atoms with E-state index in [9.17, 15) is 4.79 Å². The third kappa shape index (κ3) is 3.80. The number of hydrogen-bond acceptors (Lipinski definition) is 2. The lowest BCUT2D eigenvalue weighted by Gasteiger charge is -2.36. The average Bonchev–Trinajstić information content (AvgIpc) is 2.20. The molecule has 0 radical (unpaired) electrons. The number of carbonyl (C=O) groups is 1. The standard InChI is InChI=1S/C14H26O2/c1-5-6-14(15)16-13-8-7-11(4)9-12(13)10(2)3/h10-13H,5-9H2,1-4H3. The lowest BCUT2D eigenvalue weighted by atomic mass is 9.75. The highest BCUT2D eigenvalue weighted by molar-refractivity contribution is 5.69. The molecule has 16 heavy (non-hydrogen) atoms. The van der Waals surface area contributed by atoms with E-state index in [0.29, 0.717) is 18.3 Å². The Kier molecular flexibility index (Phi) is 5.30. The molecule has 1 aliphatic carbocycles. The molecule has 3 unspecified atom stereocenters. The second-order valence-electron chi connectivity index (χ2n) is 5.60. The molecule has 0 bridgehead atoms. The van der Waals surface area contributed by atoms with Crippen molar-refractivity contribution in [3.05, 3.63) is 0 Å². The van der Waals surface area contributed by atoms with Crippen LogP contribution in [-0.2, 0) is 9.53 Å². The molecule has 1 rings (SSSR count). The predicted octanol–water partition coefficient (Wildman–Crippen LogP) is 3.79. The molecule has 1 saturated carbocycles. The van der Waals surface area contributed by atoms with Gasteiger partial charge in [-0.1, -0.05) is 27.7 Å². The van der Waals surface area contributed by atoms with Crippen molar-refractivity contribution in [1.82, 2.24) is 0 Å². The molecule has 1 fully saturated rings. The highest BCUT2D eigenvalue weighted by atomic mass is 16.5. The molecule has 1 aliphatic rings. The Labute approximate surface area is 99.8 Å². The third-order valence-corrected chi connectivity index (χ3v) is 3.69. The van der Waals surface area contributed by atoms with E-state index in [1.165, 1.54) is 12.8 Å². The molecule has 0 saturated heterocycles. The smallest absolute Gasteiger partial charge is 0.306 e. The number of carbonyl (C=O) groups excluding carboxylic acids is 1.